The van der Waals surface area contributed by atoms with E-state index in [4.69, 9.17) is 0 Å². The van der Waals surface area contributed by atoms with Crippen LogP contribution in [0.5, 0.6) is 0 Å². The molecule has 3 aromatic rings. The summed E-state index contributed by atoms with van der Waals surface area (Å²) < 4.78 is 14.2. The van der Waals surface area contributed by atoms with Crippen LogP contribution in [0, 0.1) is 5.82 Å². The summed E-state index contributed by atoms with van der Waals surface area (Å²) in [4.78, 5) is 30.1. The number of halogens is 1. The molecule has 2 amide bonds. The molecule has 8 heteroatoms. The first kappa shape index (κ1) is 23.6. The van der Waals surface area contributed by atoms with Gasteiger partial charge in [0.1, 0.15) is 5.82 Å². The van der Waals surface area contributed by atoms with Crippen LogP contribution in [0.15, 0.2) is 60.0 Å². The lowest BCUT2D eigenvalue weighted by molar-refractivity contribution is -0.116. The number of amides is 2. The summed E-state index contributed by atoms with van der Waals surface area (Å²) in [5.41, 5.74) is 2.40. The van der Waals surface area contributed by atoms with Crippen LogP contribution < -0.4 is 15.5 Å². The third kappa shape index (κ3) is 6.08. The van der Waals surface area contributed by atoms with Crippen molar-refractivity contribution in [1.82, 2.24) is 4.98 Å². The van der Waals surface area contributed by atoms with E-state index in [2.05, 4.69) is 15.6 Å². The summed E-state index contributed by atoms with van der Waals surface area (Å²) in [6, 6.07) is 14.3. The number of para-hydroxylation sites is 1. The lowest BCUT2D eigenvalue weighted by atomic mass is 9.95. The Balaban J connectivity index is 1.36. The maximum absolute atomic E-state index is 14.2. The maximum Gasteiger partial charge on any atom is 0.248 e. The fraction of sp³-hybridized carbons (Fsp3) is 0.269. The Morgan fingerprint density at radius 2 is 1.76 bits per heavy atom. The highest BCUT2D eigenvalue weighted by atomic mass is 32.1. The lowest BCUT2D eigenvalue weighted by Gasteiger charge is -2.23. The maximum atomic E-state index is 14.2. The normalized spacial score (nSPS) is 14.2. The van der Waals surface area contributed by atoms with Crippen LogP contribution in [-0.2, 0) is 9.59 Å². The number of thiazole rings is 1. The third-order valence-electron chi connectivity index (χ3n) is 5.64. The molecule has 2 aromatic carbocycles. The molecule has 0 bridgehead atoms. The van der Waals surface area contributed by atoms with E-state index in [1.165, 1.54) is 73.5 Å². The van der Waals surface area contributed by atoms with Crippen molar-refractivity contribution in [3.8, 4) is 0 Å². The molecule has 4 rings (SSSR count). The van der Waals surface area contributed by atoms with Crippen LogP contribution in [-0.4, -0.2) is 22.8 Å². The van der Waals surface area contributed by atoms with Gasteiger partial charge in [-0.2, -0.15) is 0 Å². The number of benzene rings is 2. The molecule has 34 heavy (non-hydrogen) atoms. The molecule has 0 spiro atoms. The number of carbonyl (C=O) groups is 2. The zero-order valence-electron chi connectivity index (χ0n) is 19.0. The number of aromatic nitrogens is 1. The van der Waals surface area contributed by atoms with Crippen molar-refractivity contribution in [1.29, 1.82) is 0 Å². The standard InChI is InChI=1S/C26H27FN4O2S/c1-18(32)31(24-10-6-5-9-23(24)27)26-30-22(17-34-26)15-16-25(33)29-21-13-11-20(12-14-21)28-19-7-3-2-4-8-19/h5-6,9-17,19,28H,2-4,7-8H2,1H3,(H,29,33)/b16-15+. The minimum absolute atomic E-state index is 0.138. The van der Waals surface area contributed by atoms with Gasteiger partial charge in [0.25, 0.3) is 0 Å². The van der Waals surface area contributed by atoms with Crippen molar-refractivity contribution >= 4 is 51.4 Å². The summed E-state index contributed by atoms with van der Waals surface area (Å²) in [6.07, 6.45) is 9.21. The summed E-state index contributed by atoms with van der Waals surface area (Å²) in [5, 5.41) is 8.43. The second kappa shape index (κ2) is 11.1. The van der Waals surface area contributed by atoms with Crippen LogP contribution in [0.2, 0.25) is 0 Å². The van der Waals surface area contributed by atoms with E-state index in [0.29, 0.717) is 22.6 Å². The molecule has 0 atom stereocenters. The van der Waals surface area contributed by atoms with Crippen LogP contribution in [0.1, 0.15) is 44.7 Å². The first-order valence-corrected chi connectivity index (χ1v) is 12.2. The van der Waals surface area contributed by atoms with Crippen molar-refractivity contribution in [2.45, 2.75) is 45.1 Å². The molecule has 0 unspecified atom stereocenters. The Morgan fingerprint density at radius 1 is 1.06 bits per heavy atom. The summed E-state index contributed by atoms with van der Waals surface area (Å²) >= 11 is 1.20. The molecule has 0 saturated heterocycles. The number of hydrogen-bond acceptors (Lipinski definition) is 5. The fourth-order valence-corrected chi connectivity index (χ4v) is 4.82. The summed E-state index contributed by atoms with van der Waals surface area (Å²) in [6.45, 7) is 1.35. The fourth-order valence-electron chi connectivity index (χ4n) is 3.97. The molecule has 1 heterocycles. The molecule has 1 aliphatic carbocycles. The molecule has 1 saturated carbocycles. The van der Waals surface area contributed by atoms with E-state index in [0.717, 1.165) is 5.69 Å². The van der Waals surface area contributed by atoms with Crippen molar-refractivity contribution in [3.05, 3.63) is 71.5 Å². The van der Waals surface area contributed by atoms with Crippen molar-refractivity contribution in [3.63, 3.8) is 0 Å². The summed E-state index contributed by atoms with van der Waals surface area (Å²) in [5.74, 6) is -1.15. The summed E-state index contributed by atoms with van der Waals surface area (Å²) in [7, 11) is 0. The Hall–Kier alpha value is -3.52. The van der Waals surface area contributed by atoms with Gasteiger partial charge < -0.3 is 10.6 Å². The van der Waals surface area contributed by atoms with Crippen molar-refractivity contribution in [2.75, 3.05) is 15.5 Å². The number of nitrogens with one attached hydrogen (secondary N) is 2. The molecule has 6 nitrogen and oxygen atoms in total. The van der Waals surface area contributed by atoms with E-state index in [1.54, 1.807) is 23.6 Å². The van der Waals surface area contributed by atoms with Crippen LogP contribution in [0.3, 0.4) is 0 Å². The average Bonchev–Trinajstić information content (AvgIpc) is 3.29. The van der Waals surface area contributed by atoms with Gasteiger partial charge in [0.15, 0.2) is 5.13 Å². The van der Waals surface area contributed by atoms with E-state index < -0.39 is 5.82 Å². The highest BCUT2D eigenvalue weighted by molar-refractivity contribution is 7.14. The first-order valence-electron chi connectivity index (χ1n) is 11.4. The van der Waals surface area contributed by atoms with E-state index in [1.807, 2.05) is 24.3 Å². The average molecular weight is 479 g/mol. The van der Waals surface area contributed by atoms with Gasteiger partial charge >= 0.3 is 0 Å². The molecule has 1 fully saturated rings. The second-order valence-electron chi connectivity index (χ2n) is 8.24. The van der Waals surface area contributed by atoms with Gasteiger partial charge in [0.05, 0.1) is 11.4 Å². The Morgan fingerprint density at radius 3 is 2.47 bits per heavy atom. The van der Waals surface area contributed by atoms with Gasteiger partial charge in [0, 0.05) is 35.8 Å². The topological polar surface area (TPSA) is 74.3 Å². The Labute approximate surface area is 202 Å². The first-order chi connectivity index (χ1) is 16.5. The molecule has 0 aliphatic heterocycles. The molecular weight excluding hydrogens is 451 g/mol. The Bertz CT molecular complexity index is 1170. The van der Waals surface area contributed by atoms with E-state index in [-0.39, 0.29) is 17.5 Å². The smallest absolute Gasteiger partial charge is 0.248 e. The van der Waals surface area contributed by atoms with Gasteiger partial charge in [-0.1, -0.05) is 31.4 Å². The van der Waals surface area contributed by atoms with E-state index >= 15 is 0 Å². The number of rotatable bonds is 7. The van der Waals surface area contributed by atoms with Gasteiger partial charge in [0.2, 0.25) is 11.8 Å². The zero-order chi connectivity index (χ0) is 23.9. The van der Waals surface area contributed by atoms with Crippen LogP contribution in [0.4, 0.5) is 26.6 Å². The number of nitrogens with zero attached hydrogens (tertiary/aromatic N) is 2. The van der Waals surface area contributed by atoms with Crippen molar-refractivity contribution < 1.29 is 14.0 Å². The molecule has 1 aliphatic rings. The number of anilines is 4. The number of hydrogen-bond donors (Lipinski definition) is 2. The molecule has 1 aromatic heterocycles. The van der Waals surface area contributed by atoms with Crippen LogP contribution >= 0.6 is 11.3 Å². The van der Waals surface area contributed by atoms with Gasteiger partial charge in [-0.05, 0) is 55.3 Å². The van der Waals surface area contributed by atoms with E-state index in [9.17, 15) is 14.0 Å². The van der Waals surface area contributed by atoms with Gasteiger partial charge in [-0.3, -0.25) is 14.5 Å². The quantitative estimate of drug-likeness (QED) is 0.387. The third-order valence-corrected chi connectivity index (χ3v) is 6.49. The SMILES string of the molecule is CC(=O)N(c1nc(/C=C/C(=O)Nc2ccc(NC3CCCCC3)cc2)cs1)c1ccccc1F. The lowest BCUT2D eigenvalue weighted by Crippen LogP contribution is -2.23. The predicted octanol–water partition coefficient (Wildman–Crippen LogP) is 6.36. The predicted molar refractivity (Wildman–Crippen MR) is 136 cm³/mol. The highest BCUT2D eigenvalue weighted by Gasteiger charge is 2.20. The second-order valence-corrected chi connectivity index (χ2v) is 9.08. The Kier molecular flexibility index (Phi) is 7.69. The zero-order valence-corrected chi connectivity index (χ0v) is 19.8. The monoisotopic (exact) mass is 478 g/mol. The minimum atomic E-state index is -0.510. The van der Waals surface area contributed by atoms with Crippen LogP contribution in [0.25, 0.3) is 6.08 Å². The van der Waals surface area contributed by atoms with Gasteiger partial charge in [-0.25, -0.2) is 9.37 Å². The molecule has 0 radical (unpaired) electrons. The van der Waals surface area contributed by atoms with Crippen molar-refractivity contribution in [2.24, 2.45) is 0 Å². The largest absolute Gasteiger partial charge is 0.382 e. The molecular formula is C26H27FN4O2S. The minimum Gasteiger partial charge on any atom is -0.382 e. The highest BCUT2D eigenvalue weighted by Crippen LogP contribution is 2.31. The molecule has 2 N–H and O–H groups in total. The number of carbonyl (C=O) groups excluding carboxylic acids is 2. The van der Waals surface area contributed by atoms with Gasteiger partial charge in [-0.15, -0.1) is 11.3 Å². The molecule has 176 valence electrons.